The van der Waals surface area contributed by atoms with Gasteiger partial charge in [0.05, 0.1) is 0 Å². The van der Waals surface area contributed by atoms with Gasteiger partial charge >= 0.3 is 6.61 Å². The van der Waals surface area contributed by atoms with E-state index in [9.17, 15) is 18.4 Å². The maximum Gasteiger partial charge on any atom is 0.387 e. The number of rotatable bonds is 5. The first-order valence-electron chi connectivity index (χ1n) is 7.17. The molecule has 0 bridgehead atoms. The van der Waals surface area contributed by atoms with Crippen LogP contribution in [0.15, 0.2) is 53.0 Å². The molecule has 2 amide bonds. The van der Waals surface area contributed by atoms with Crippen molar-refractivity contribution >= 4 is 33.8 Å². The highest BCUT2D eigenvalue weighted by molar-refractivity contribution is 9.10. The highest BCUT2D eigenvalue weighted by Gasteiger charge is 2.09. The summed E-state index contributed by atoms with van der Waals surface area (Å²) in [7, 11) is 0. The predicted octanol–water partition coefficient (Wildman–Crippen LogP) is 3.23. The average molecular weight is 427 g/mol. The fourth-order valence-electron chi connectivity index (χ4n) is 1.86. The van der Waals surface area contributed by atoms with Gasteiger partial charge in [0, 0.05) is 21.7 Å². The number of phenols is 1. The fraction of sp³-hybridized carbons (Fsp3) is 0.0588. The first kappa shape index (κ1) is 19.4. The molecular formula is C17H13BrF2N2O4. The normalized spacial score (nSPS) is 10.8. The number of hydrazine groups is 1. The number of nitrogens with one attached hydrogen (secondary N) is 2. The SMILES string of the molecule is O=C(C=Cc1cc(Br)ccc1OC(F)F)NNC(=O)c1ccc(O)cc1. The molecule has 26 heavy (non-hydrogen) atoms. The van der Waals surface area contributed by atoms with Gasteiger partial charge in [-0.1, -0.05) is 15.9 Å². The van der Waals surface area contributed by atoms with Crippen molar-refractivity contribution in [3.8, 4) is 11.5 Å². The van der Waals surface area contributed by atoms with Gasteiger partial charge in [-0.3, -0.25) is 20.4 Å². The van der Waals surface area contributed by atoms with Gasteiger partial charge in [0.1, 0.15) is 11.5 Å². The molecule has 0 spiro atoms. The molecule has 0 unspecified atom stereocenters. The van der Waals surface area contributed by atoms with Crippen LogP contribution in [-0.2, 0) is 4.79 Å². The van der Waals surface area contributed by atoms with Crippen LogP contribution in [0.1, 0.15) is 15.9 Å². The number of halogens is 3. The minimum absolute atomic E-state index is 0.00404. The van der Waals surface area contributed by atoms with Gasteiger partial charge in [0.15, 0.2) is 0 Å². The summed E-state index contributed by atoms with van der Waals surface area (Å²) < 4.78 is 29.8. The number of phenolic OH excluding ortho intramolecular Hbond substituents is 1. The molecule has 0 aliphatic rings. The van der Waals surface area contributed by atoms with Crippen LogP contribution in [0.2, 0.25) is 0 Å². The van der Waals surface area contributed by atoms with Crippen LogP contribution >= 0.6 is 15.9 Å². The number of carbonyl (C=O) groups excluding carboxylic acids is 2. The Morgan fingerprint density at radius 2 is 1.81 bits per heavy atom. The number of ether oxygens (including phenoxy) is 1. The zero-order valence-electron chi connectivity index (χ0n) is 13.1. The summed E-state index contributed by atoms with van der Waals surface area (Å²) in [4.78, 5) is 23.6. The highest BCUT2D eigenvalue weighted by atomic mass is 79.9. The number of hydrogen-bond donors (Lipinski definition) is 3. The van der Waals surface area contributed by atoms with E-state index in [0.717, 1.165) is 6.08 Å². The van der Waals surface area contributed by atoms with E-state index < -0.39 is 18.4 Å². The van der Waals surface area contributed by atoms with E-state index in [1.165, 1.54) is 48.5 Å². The molecule has 136 valence electrons. The van der Waals surface area contributed by atoms with E-state index in [1.54, 1.807) is 0 Å². The zero-order chi connectivity index (χ0) is 19.1. The number of aromatic hydroxyl groups is 1. The van der Waals surface area contributed by atoms with Crippen LogP contribution in [0.25, 0.3) is 6.08 Å². The minimum Gasteiger partial charge on any atom is -0.508 e. The molecule has 2 rings (SSSR count). The van der Waals surface area contributed by atoms with Gasteiger partial charge in [0.25, 0.3) is 11.8 Å². The maximum absolute atomic E-state index is 12.4. The molecule has 9 heteroatoms. The number of carbonyl (C=O) groups is 2. The zero-order valence-corrected chi connectivity index (χ0v) is 14.7. The van der Waals surface area contributed by atoms with Crippen molar-refractivity contribution in [3.63, 3.8) is 0 Å². The third-order valence-electron chi connectivity index (χ3n) is 3.03. The second-order valence-electron chi connectivity index (χ2n) is 4.88. The molecule has 0 saturated heterocycles. The molecule has 0 heterocycles. The van der Waals surface area contributed by atoms with Gasteiger partial charge in [-0.05, 0) is 48.5 Å². The molecule has 2 aromatic carbocycles. The van der Waals surface area contributed by atoms with Gasteiger partial charge in [-0.15, -0.1) is 0 Å². The van der Waals surface area contributed by atoms with Crippen molar-refractivity contribution < 1.29 is 28.2 Å². The lowest BCUT2D eigenvalue weighted by Crippen LogP contribution is -2.40. The molecule has 0 saturated carbocycles. The van der Waals surface area contributed by atoms with Crippen LogP contribution in [0.5, 0.6) is 11.5 Å². The summed E-state index contributed by atoms with van der Waals surface area (Å²) in [6.07, 6.45) is 2.32. The Hall–Kier alpha value is -2.94. The summed E-state index contributed by atoms with van der Waals surface area (Å²) in [6, 6.07) is 9.76. The van der Waals surface area contributed by atoms with Crippen molar-refractivity contribution in [3.05, 3.63) is 64.1 Å². The van der Waals surface area contributed by atoms with E-state index in [2.05, 4.69) is 31.5 Å². The monoisotopic (exact) mass is 426 g/mol. The number of amides is 2. The van der Waals surface area contributed by atoms with E-state index in [0.29, 0.717) is 4.47 Å². The maximum atomic E-state index is 12.4. The first-order chi connectivity index (χ1) is 12.3. The molecule has 2 aromatic rings. The first-order valence-corrected chi connectivity index (χ1v) is 7.96. The van der Waals surface area contributed by atoms with Crippen molar-refractivity contribution in [2.75, 3.05) is 0 Å². The van der Waals surface area contributed by atoms with Crippen LogP contribution in [0.3, 0.4) is 0 Å². The van der Waals surface area contributed by atoms with Gasteiger partial charge < -0.3 is 9.84 Å². The van der Waals surface area contributed by atoms with Crippen LogP contribution in [-0.4, -0.2) is 23.5 Å². The van der Waals surface area contributed by atoms with Gasteiger partial charge in [-0.25, -0.2) is 0 Å². The molecule has 6 nitrogen and oxygen atoms in total. The Morgan fingerprint density at radius 1 is 1.12 bits per heavy atom. The number of alkyl halides is 2. The van der Waals surface area contributed by atoms with E-state index in [1.807, 2.05) is 0 Å². The number of hydrogen-bond acceptors (Lipinski definition) is 4. The summed E-state index contributed by atoms with van der Waals surface area (Å²) >= 11 is 3.20. The summed E-state index contributed by atoms with van der Waals surface area (Å²) in [5, 5.41) is 9.16. The minimum atomic E-state index is -3.00. The predicted molar refractivity (Wildman–Crippen MR) is 93.5 cm³/mol. The van der Waals surface area contributed by atoms with Crippen molar-refractivity contribution in [2.45, 2.75) is 6.61 Å². The summed E-state index contributed by atoms with van der Waals surface area (Å²) in [5.41, 5.74) is 4.81. The van der Waals surface area contributed by atoms with E-state index in [4.69, 9.17) is 5.11 Å². The lowest BCUT2D eigenvalue weighted by atomic mass is 10.2. The standard InChI is InChI=1S/C17H13BrF2N2O4/c18-12-4-7-14(26-17(19)20)11(9-12)3-8-15(24)21-22-16(25)10-1-5-13(23)6-2-10/h1-9,17,23H,(H,21,24)(H,22,25). The quantitative estimate of drug-likeness (QED) is 0.505. The molecule has 0 aliphatic heterocycles. The molecule has 0 aromatic heterocycles. The van der Waals surface area contributed by atoms with Crippen LogP contribution < -0.4 is 15.6 Å². The topological polar surface area (TPSA) is 87.7 Å². The smallest absolute Gasteiger partial charge is 0.387 e. The molecule has 0 fully saturated rings. The van der Waals surface area contributed by atoms with Crippen LogP contribution in [0, 0.1) is 0 Å². The highest BCUT2D eigenvalue weighted by Crippen LogP contribution is 2.25. The largest absolute Gasteiger partial charge is 0.508 e. The Bertz CT molecular complexity index is 826. The molecule has 0 aliphatic carbocycles. The van der Waals surface area contributed by atoms with Crippen molar-refractivity contribution in [2.24, 2.45) is 0 Å². The Kier molecular flexibility index (Phi) is 6.67. The molecular weight excluding hydrogens is 414 g/mol. The van der Waals surface area contributed by atoms with Crippen molar-refractivity contribution in [1.29, 1.82) is 0 Å². The lowest BCUT2D eigenvalue weighted by Gasteiger charge is -2.08. The van der Waals surface area contributed by atoms with Gasteiger partial charge in [-0.2, -0.15) is 8.78 Å². The molecule has 0 radical (unpaired) electrons. The van der Waals surface area contributed by atoms with Crippen molar-refractivity contribution in [1.82, 2.24) is 10.9 Å². The lowest BCUT2D eigenvalue weighted by molar-refractivity contribution is -0.117. The number of benzene rings is 2. The van der Waals surface area contributed by atoms with E-state index in [-0.39, 0.29) is 22.6 Å². The van der Waals surface area contributed by atoms with Gasteiger partial charge in [0.2, 0.25) is 0 Å². The summed E-state index contributed by atoms with van der Waals surface area (Å²) in [6.45, 7) is -3.00. The fourth-order valence-corrected chi connectivity index (χ4v) is 2.24. The Morgan fingerprint density at radius 3 is 2.46 bits per heavy atom. The van der Waals surface area contributed by atoms with Crippen LogP contribution in [0.4, 0.5) is 8.78 Å². The second-order valence-corrected chi connectivity index (χ2v) is 5.80. The van der Waals surface area contributed by atoms with E-state index >= 15 is 0 Å². The Labute approximate surface area is 155 Å². The molecule has 3 N–H and O–H groups in total. The third-order valence-corrected chi connectivity index (χ3v) is 3.52. The third kappa shape index (κ3) is 5.85. The summed E-state index contributed by atoms with van der Waals surface area (Å²) in [5.74, 6) is -1.36. The molecule has 0 atom stereocenters. The average Bonchev–Trinajstić information content (AvgIpc) is 2.60. The Balaban J connectivity index is 1.98. The second kappa shape index (κ2) is 8.95.